The lowest BCUT2D eigenvalue weighted by Gasteiger charge is -2.36. The average molecular weight is 2000 g/mol. The number of rotatable bonds is 17. The normalized spacial score (nSPS) is 16.8. The highest BCUT2D eigenvalue weighted by atomic mass is 35.5. The minimum absolute atomic E-state index is 0.0304. The van der Waals surface area contributed by atoms with Gasteiger partial charge in [0, 0.05) is 203 Å². The minimum atomic E-state index is -0.306. The van der Waals surface area contributed by atoms with Crippen LogP contribution in [-0.4, -0.2) is 123 Å². The monoisotopic (exact) mass is 2000 g/mol. The summed E-state index contributed by atoms with van der Waals surface area (Å²) in [6, 6.07) is 103. The maximum Gasteiger partial charge on any atom is 0.410 e. The molecule has 26 rings (SSSR count). The van der Waals surface area contributed by atoms with Gasteiger partial charge in [-0.3, -0.25) is 29.6 Å². The van der Waals surface area contributed by atoms with Crippen molar-refractivity contribution in [1.29, 1.82) is 0 Å². The van der Waals surface area contributed by atoms with Crippen molar-refractivity contribution < 1.29 is 28.5 Å². The molecule has 6 N–H and O–H groups in total. The Balaban J connectivity index is 0.000000103. The van der Waals surface area contributed by atoms with Crippen molar-refractivity contribution in [2.24, 2.45) is 0 Å². The van der Waals surface area contributed by atoms with Gasteiger partial charge in [-0.2, -0.15) is 0 Å². The lowest BCUT2D eigenvalue weighted by molar-refractivity contribution is 0.0932. The van der Waals surface area contributed by atoms with Crippen LogP contribution >= 0.6 is 58.0 Å². The van der Waals surface area contributed by atoms with Crippen LogP contribution in [0.3, 0.4) is 0 Å². The second-order valence-electron chi connectivity index (χ2n) is 36.9. The van der Waals surface area contributed by atoms with E-state index in [4.69, 9.17) is 86.7 Å². The summed E-state index contributed by atoms with van der Waals surface area (Å²) < 4.78 is 30.0. The zero-order chi connectivity index (χ0) is 97.7. The van der Waals surface area contributed by atoms with E-state index >= 15 is 0 Å². The zero-order valence-corrected chi connectivity index (χ0v) is 83.2. The van der Waals surface area contributed by atoms with Gasteiger partial charge in [-0.05, 0) is 251 Å². The molecular formula is C119H105Cl5N14O6. The van der Waals surface area contributed by atoms with Gasteiger partial charge in [0.1, 0.15) is 24.1 Å². The third-order valence-corrected chi connectivity index (χ3v) is 29.5. The summed E-state index contributed by atoms with van der Waals surface area (Å²) in [5, 5.41) is 13.4. The number of H-pyrrole nitrogens is 5. The number of carbonyl (C=O) groups is 1. The van der Waals surface area contributed by atoms with E-state index in [0.29, 0.717) is 30.5 Å². The Morgan fingerprint density at radius 2 is 0.875 bits per heavy atom. The molecule has 722 valence electrons. The molecule has 6 aliphatic rings. The topological polar surface area (TPSA) is 211 Å². The number of nitrogens with one attached hydrogen (secondary N) is 6. The van der Waals surface area contributed by atoms with E-state index in [0.717, 1.165) is 182 Å². The fraction of sp³-hybridized carbons (Fsp3) is 0.193. The molecule has 0 fully saturated rings. The van der Waals surface area contributed by atoms with E-state index in [1.807, 2.05) is 152 Å². The van der Waals surface area contributed by atoms with Crippen LogP contribution in [0.5, 0.6) is 23.0 Å². The molecule has 0 aliphatic carbocycles. The van der Waals surface area contributed by atoms with E-state index in [1.165, 1.54) is 100.0 Å². The molecule has 20 nitrogen and oxygen atoms in total. The van der Waals surface area contributed by atoms with E-state index in [2.05, 4.69) is 249 Å². The first-order valence-corrected chi connectivity index (χ1v) is 50.8. The number of benzene rings is 12. The maximum atomic E-state index is 12.8. The largest absolute Gasteiger partial charge is 0.497 e. The summed E-state index contributed by atoms with van der Waals surface area (Å²) in [5.41, 5.74) is 29.9. The summed E-state index contributed by atoms with van der Waals surface area (Å²) in [5.74, 6) is 3.04. The third-order valence-electron chi connectivity index (χ3n) is 28.2. The fourth-order valence-corrected chi connectivity index (χ4v) is 22.5. The van der Waals surface area contributed by atoms with Crippen molar-refractivity contribution in [3.05, 3.63) is 472 Å². The number of imidazole rings is 1. The third kappa shape index (κ3) is 20.0. The number of halogens is 5. The zero-order valence-electron chi connectivity index (χ0n) is 79.4. The highest BCUT2D eigenvalue weighted by Crippen LogP contribution is 2.49. The Morgan fingerprint density at radius 3 is 1.39 bits per heavy atom. The van der Waals surface area contributed by atoms with Gasteiger partial charge in [0.15, 0.2) is 11.5 Å². The summed E-state index contributed by atoms with van der Waals surface area (Å²) in [6.07, 6.45) is 15.7. The predicted octanol–water partition coefficient (Wildman–Crippen LogP) is 27.2. The van der Waals surface area contributed by atoms with Crippen molar-refractivity contribution in [3.8, 4) is 28.7 Å². The summed E-state index contributed by atoms with van der Waals surface area (Å²) in [4.78, 5) is 53.5. The van der Waals surface area contributed by atoms with Crippen molar-refractivity contribution >= 4 is 119 Å². The van der Waals surface area contributed by atoms with Crippen molar-refractivity contribution in [3.63, 3.8) is 0 Å². The average Bonchev–Trinajstić information content (AvgIpc) is 1.41. The number of methoxy groups -OCH3 is 1. The number of carbonyl (C=O) groups excluding carboxylic acids is 1. The molecule has 5 atom stereocenters. The smallest absolute Gasteiger partial charge is 0.410 e. The first-order valence-electron chi connectivity index (χ1n) is 48.9. The molecule has 5 unspecified atom stereocenters. The molecule has 25 heteroatoms. The Hall–Kier alpha value is -14.4. The summed E-state index contributed by atoms with van der Waals surface area (Å²) >= 11 is 31.9. The first kappa shape index (κ1) is 94.5. The van der Waals surface area contributed by atoms with Gasteiger partial charge in [-0.25, -0.2) is 9.78 Å². The Morgan fingerprint density at radius 1 is 0.410 bits per heavy atom. The molecule has 0 radical (unpaired) electrons. The van der Waals surface area contributed by atoms with Crippen LogP contribution < -0.4 is 24.3 Å². The van der Waals surface area contributed by atoms with Gasteiger partial charge in [-0.15, -0.1) is 0 Å². The molecule has 6 aliphatic heterocycles. The molecule has 8 aromatic heterocycles. The Labute approximate surface area is 859 Å². The second-order valence-corrected chi connectivity index (χ2v) is 39.1. The van der Waals surface area contributed by atoms with Gasteiger partial charge < -0.3 is 58.5 Å². The van der Waals surface area contributed by atoms with Crippen LogP contribution in [0.25, 0.3) is 60.2 Å². The molecule has 0 saturated carbocycles. The molecule has 1 amide bonds. The Kier molecular flexibility index (Phi) is 28.0. The van der Waals surface area contributed by atoms with Gasteiger partial charge in [-0.1, -0.05) is 216 Å². The highest BCUT2D eigenvalue weighted by molar-refractivity contribution is 6.33. The number of ether oxygens (including phenoxy) is 5. The van der Waals surface area contributed by atoms with Crippen LogP contribution in [0.4, 0.5) is 4.79 Å². The van der Waals surface area contributed by atoms with Crippen LogP contribution in [0.1, 0.15) is 144 Å². The molecule has 0 saturated heterocycles. The quantitative estimate of drug-likeness (QED) is 0.0502. The number of hydrogen-bond acceptors (Lipinski definition) is 13. The molecular weight excluding hydrogens is 1900 g/mol. The number of amides is 1. The second kappa shape index (κ2) is 42.6. The van der Waals surface area contributed by atoms with Gasteiger partial charge >= 0.3 is 6.09 Å². The lowest BCUT2D eigenvalue weighted by Crippen LogP contribution is -2.40. The van der Waals surface area contributed by atoms with E-state index in [1.54, 1.807) is 18.2 Å². The number of nitrogens with zero attached hydrogens (tertiary/aromatic N) is 8. The van der Waals surface area contributed by atoms with Crippen molar-refractivity contribution in [2.45, 2.75) is 95.5 Å². The fourth-order valence-electron chi connectivity index (χ4n) is 21.5. The number of hydrogen-bond donors (Lipinski definition) is 6. The number of fused-ring (bicyclic) bond motifs is 16. The highest BCUT2D eigenvalue weighted by Gasteiger charge is 2.40. The van der Waals surface area contributed by atoms with Gasteiger partial charge in [0.25, 0.3) is 0 Å². The number of aromatic nitrogens is 9. The Bertz CT molecular complexity index is 7730. The van der Waals surface area contributed by atoms with Crippen LogP contribution in [0, 0.1) is 0 Å². The van der Waals surface area contributed by atoms with Crippen molar-refractivity contribution in [2.75, 3.05) is 53.2 Å². The first-order chi connectivity index (χ1) is 70.7. The molecule has 0 bridgehead atoms. The SMILES string of the molecule is CCOC(=O)N1CCc2c([nH]c3ccc(OCc4ccccc4)cc23)C1c1ccc(OC)cc1.Clc1ccc2[nH]c3c(c2c1)CCN(Cc1ccccc1)C3c1cc2c(cc1Cl)OCO2.Clc1ccc2[nH]c3c(c2c1)CCN(Cc1ccccc1)C3c1ccccn1.Clc1ccc2[nH]c3c(c2c1)CCN(Cc1ccccc1)C3c1cccnc1.Clc1ccc2[nH]c3c(c2c1)CCNC3c1ccc(-n2ccnc2)cc1. The van der Waals surface area contributed by atoms with E-state index < -0.39 is 0 Å². The van der Waals surface area contributed by atoms with Gasteiger partial charge in [0.2, 0.25) is 6.79 Å². The predicted molar refractivity (Wildman–Crippen MR) is 575 cm³/mol. The number of pyridine rings is 2. The molecule has 20 aromatic rings. The van der Waals surface area contributed by atoms with Crippen LogP contribution in [0.2, 0.25) is 25.1 Å². The van der Waals surface area contributed by atoms with Crippen LogP contribution in [0.15, 0.2) is 341 Å². The van der Waals surface area contributed by atoms with Gasteiger partial charge in [0.05, 0.1) is 49.9 Å². The van der Waals surface area contributed by atoms with Crippen molar-refractivity contribution in [1.82, 2.24) is 69.4 Å². The van der Waals surface area contributed by atoms with Crippen LogP contribution in [-0.2, 0) is 63.1 Å². The maximum absolute atomic E-state index is 12.8. The standard InChI is InChI=1S/C28H28N2O4.C25H20Cl2N2O2.2C23H20ClN3.C20H17ClN4/c1-3-33-28(31)30-16-15-23-24-17-22(34-18-19-7-5-4-6-8-19)13-14-25(24)29-26(23)27(30)20-9-11-21(32-2)12-10-20;26-16-6-7-21-18(10-16)17-8-9-29(13-15-4-2-1-3-5-15)25(24(17)28-21)19-11-22-23(12-20(19)27)31-14-30-22;24-17-9-10-20-19(14-17)18-11-13-27(15-16-6-2-1-3-7-16)23(22(18)26-20)21-8-4-5-12-25-21;24-18-8-9-21-20(13-18)19-10-12-27(15-16-5-2-1-3-6-16)23(22(19)26-21)17-7-4-11-25-14-17;21-14-3-6-18-17(11-14)16-7-8-23-19(20(16)24-18)13-1-4-15(5-2-13)25-10-9-22-12-25/h4-14,17,27,29H,3,15-16,18H2,1-2H3;1-7,10-12,25,28H,8-9,13-14H2;1-10,12,14,23,26H,11,13,15H2;1-9,11,13-14,23,26H,10,12,15H2;1-6,9-12,19,23-24H,7-8H2. The summed E-state index contributed by atoms with van der Waals surface area (Å²) in [7, 11) is 1.65. The lowest BCUT2D eigenvalue weighted by atomic mass is 9.91. The molecule has 0 spiro atoms. The summed E-state index contributed by atoms with van der Waals surface area (Å²) in [6.45, 7) is 9.99. The molecule has 12 aromatic carbocycles. The number of aromatic amines is 5. The van der Waals surface area contributed by atoms with E-state index in [-0.39, 0.29) is 43.1 Å². The molecule has 144 heavy (non-hydrogen) atoms. The van der Waals surface area contributed by atoms with E-state index in [9.17, 15) is 4.79 Å². The molecule has 14 heterocycles. The minimum Gasteiger partial charge on any atom is -0.497 e.